The monoisotopic (exact) mass is 464 g/mol. The molecule has 3 aliphatic heterocycles. The lowest BCUT2D eigenvalue weighted by atomic mass is 9.86. The molecule has 1 saturated heterocycles. The Morgan fingerprint density at radius 3 is 2.65 bits per heavy atom. The van der Waals surface area contributed by atoms with E-state index in [0.717, 1.165) is 11.1 Å². The van der Waals surface area contributed by atoms with Crippen LogP contribution in [0.5, 0.6) is 5.75 Å². The number of Topliss-reactive ketones (excluding diaryl/α,β-unsaturated/α-hetero) is 1. The summed E-state index contributed by atoms with van der Waals surface area (Å²) in [5, 5.41) is 11.3. The number of aliphatic imine (C=N–C) groups is 1. The molecule has 1 amide bonds. The summed E-state index contributed by atoms with van der Waals surface area (Å²) in [6.07, 6.45) is 1.33. The van der Waals surface area contributed by atoms with E-state index >= 15 is 0 Å². The van der Waals surface area contributed by atoms with Gasteiger partial charge < -0.3 is 19.5 Å². The van der Waals surface area contributed by atoms with Crippen molar-refractivity contribution in [2.45, 2.75) is 52.2 Å². The van der Waals surface area contributed by atoms with Crippen molar-refractivity contribution < 1.29 is 24.2 Å². The number of rotatable bonds is 1. The molecule has 1 atom stereocenters. The zero-order valence-corrected chi connectivity index (χ0v) is 20.0. The van der Waals surface area contributed by atoms with E-state index < -0.39 is 17.3 Å². The quantitative estimate of drug-likeness (QED) is 0.686. The second-order valence-electron chi connectivity index (χ2n) is 9.98. The number of hydrogen-bond donors (Lipinski definition) is 1. The highest BCUT2D eigenvalue weighted by molar-refractivity contribution is 6.28. The van der Waals surface area contributed by atoms with E-state index in [9.17, 15) is 14.7 Å². The highest BCUT2D eigenvalue weighted by Crippen LogP contribution is 2.42. The number of benzene rings is 1. The van der Waals surface area contributed by atoms with Crippen molar-refractivity contribution in [3.8, 4) is 5.75 Å². The first-order valence-electron chi connectivity index (χ1n) is 11.4. The smallest absolute Gasteiger partial charge is 0.416 e. The number of pyridine rings is 1. The van der Waals surface area contributed by atoms with E-state index in [1.165, 1.54) is 4.90 Å². The van der Waals surface area contributed by atoms with Crippen LogP contribution < -0.4 is 14.5 Å². The molecular formula is C25H28N4O5. The number of anilines is 2. The second-order valence-corrected chi connectivity index (χ2v) is 9.98. The largest absolute Gasteiger partial charge is 0.488 e. The van der Waals surface area contributed by atoms with Gasteiger partial charge in [-0.2, -0.15) is 0 Å². The number of aryl methyl sites for hydroxylation is 2. The Bertz CT molecular complexity index is 1250. The van der Waals surface area contributed by atoms with Gasteiger partial charge in [0.25, 0.3) is 0 Å². The van der Waals surface area contributed by atoms with Crippen molar-refractivity contribution in [2.24, 2.45) is 4.99 Å². The maximum atomic E-state index is 13.3. The fourth-order valence-electron chi connectivity index (χ4n) is 4.48. The third-order valence-electron chi connectivity index (χ3n) is 6.35. The van der Waals surface area contributed by atoms with Crippen molar-refractivity contribution in [3.05, 3.63) is 41.1 Å². The average molecular weight is 465 g/mol. The Morgan fingerprint density at radius 2 is 1.91 bits per heavy atom. The average Bonchev–Trinajstić information content (AvgIpc) is 3.11. The van der Waals surface area contributed by atoms with Gasteiger partial charge in [0.1, 0.15) is 18.0 Å². The molecule has 1 fully saturated rings. The van der Waals surface area contributed by atoms with E-state index in [2.05, 4.69) is 4.98 Å². The molecule has 0 aliphatic carbocycles. The van der Waals surface area contributed by atoms with Gasteiger partial charge in [-0.1, -0.05) is 0 Å². The molecular weight excluding hydrogens is 436 g/mol. The van der Waals surface area contributed by atoms with Crippen LogP contribution in [0.2, 0.25) is 0 Å². The molecule has 5 rings (SSSR count). The Kier molecular flexibility index (Phi) is 4.95. The number of ether oxygens (including phenoxy) is 2. The molecule has 1 aromatic carbocycles. The predicted octanol–water partition coefficient (Wildman–Crippen LogP) is 3.70. The predicted molar refractivity (Wildman–Crippen MR) is 128 cm³/mol. The Balaban J connectivity index is 1.51. The molecule has 1 N–H and O–H groups in total. The minimum atomic E-state index is -1.69. The summed E-state index contributed by atoms with van der Waals surface area (Å²) in [5.41, 5.74) is 1.31. The summed E-state index contributed by atoms with van der Waals surface area (Å²) in [7, 11) is 0. The van der Waals surface area contributed by atoms with Crippen LogP contribution in [0.1, 0.15) is 48.7 Å². The van der Waals surface area contributed by atoms with E-state index in [-0.39, 0.29) is 18.0 Å². The number of fused-ring (bicyclic) bond motifs is 3. The summed E-state index contributed by atoms with van der Waals surface area (Å²) in [5.74, 6) is 0.752. The first-order chi connectivity index (χ1) is 16.0. The number of hydrogen-bond acceptors (Lipinski definition) is 8. The van der Waals surface area contributed by atoms with Crippen LogP contribution in [0.15, 0.2) is 29.4 Å². The summed E-state index contributed by atoms with van der Waals surface area (Å²) in [6.45, 7) is 10.4. The molecule has 3 aliphatic rings. The number of carbonyl (C=O) groups excluding carboxylic acids is 2. The normalized spacial score (nSPS) is 21.4. The van der Waals surface area contributed by atoms with Crippen LogP contribution in [0.25, 0.3) is 0 Å². The van der Waals surface area contributed by atoms with E-state index in [1.807, 2.05) is 40.7 Å². The fraction of sp³-hybridized carbons (Fsp3) is 0.440. The van der Waals surface area contributed by atoms with Crippen LogP contribution in [0.3, 0.4) is 0 Å². The molecule has 178 valence electrons. The molecule has 0 saturated carbocycles. The molecule has 1 unspecified atom stereocenters. The number of amidine groups is 1. The van der Waals surface area contributed by atoms with Gasteiger partial charge in [-0.05, 0) is 57.9 Å². The first kappa shape index (κ1) is 22.3. The van der Waals surface area contributed by atoms with Gasteiger partial charge in [-0.15, -0.1) is 0 Å². The van der Waals surface area contributed by atoms with Gasteiger partial charge in [0.15, 0.2) is 17.2 Å². The van der Waals surface area contributed by atoms with Gasteiger partial charge in [-0.25, -0.2) is 14.8 Å². The molecule has 4 heterocycles. The summed E-state index contributed by atoms with van der Waals surface area (Å²) >= 11 is 0. The fourth-order valence-corrected chi connectivity index (χ4v) is 4.48. The number of ketones is 1. The van der Waals surface area contributed by atoms with Crippen molar-refractivity contribution in [1.29, 1.82) is 0 Å². The topological polar surface area (TPSA) is 105 Å². The number of amides is 1. The Hall–Kier alpha value is -3.46. The van der Waals surface area contributed by atoms with Crippen LogP contribution in [0.4, 0.5) is 22.0 Å². The summed E-state index contributed by atoms with van der Waals surface area (Å²) in [6, 6.07) is 5.43. The molecule has 9 nitrogen and oxygen atoms in total. The lowest BCUT2D eigenvalue weighted by Crippen LogP contribution is -2.48. The van der Waals surface area contributed by atoms with E-state index in [4.69, 9.17) is 14.5 Å². The van der Waals surface area contributed by atoms with E-state index in [0.29, 0.717) is 48.2 Å². The zero-order valence-electron chi connectivity index (χ0n) is 20.0. The van der Waals surface area contributed by atoms with Gasteiger partial charge in [-0.3, -0.25) is 9.69 Å². The summed E-state index contributed by atoms with van der Waals surface area (Å²) < 4.78 is 11.3. The molecule has 0 radical (unpaired) electrons. The standard InChI is InChI=1S/C25H28N4O5/c1-14-10-17-18(11-15(14)2)27-22-25(32,20(17)30)6-7-28(22)16-12-19-21(26-13-16)29(8-9-33-19)23(31)34-24(3,4)5/h10-13,32H,6-9H2,1-5H3. The molecule has 0 bridgehead atoms. The minimum absolute atomic E-state index is 0.221. The van der Waals surface area contributed by atoms with Crippen molar-refractivity contribution >= 4 is 34.9 Å². The van der Waals surface area contributed by atoms with Crippen LogP contribution in [0, 0.1) is 13.8 Å². The molecule has 1 aromatic heterocycles. The number of nitrogens with zero attached hydrogens (tertiary/aromatic N) is 4. The van der Waals surface area contributed by atoms with Crippen LogP contribution >= 0.6 is 0 Å². The first-order valence-corrected chi connectivity index (χ1v) is 11.4. The van der Waals surface area contributed by atoms with Gasteiger partial charge >= 0.3 is 6.09 Å². The third kappa shape index (κ3) is 3.51. The molecule has 2 aromatic rings. The molecule has 34 heavy (non-hydrogen) atoms. The van der Waals surface area contributed by atoms with Crippen LogP contribution in [-0.4, -0.2) is 58.7 Å². The molecule has 0 spiro atoms. The lowest BCUT2D eigenvalue weighted by molar-refractivity contribution is 0.0565. The maximum Gasteiger partial charge on any atom is 0.416 e. The highest BCUT2D eigenvalue weighted by atomic mass is 16.6. The highest BCUT2D eigenvalue weighted by Gasteiger charge is 2.52. The number of carbonyl (C=O) groups is 2. The van der Waals surface area contributed by atoms with Gasteiger partial charge in [0, 0.05) is 24.6 Å². The van der Waals surface area contributed by atoms with Gasteiger partial charge in [0.2, 0.25) is 5.78 Å². The van der Waals surface area contributed by atoms with Crippen molar-refractivity contribution in [1.82, 2.24) is 4.98 Å². The SMILES string of the molecule is Cc1cc2c(cc1C)C(=O)C1(O)CCN(c3cnc4c(c3)OCCN4C(=O)OC(C)(C)C)C1=N2. The number of aliphatic hydroxyl groups is 1. The maximum absolute atomic E-state index is 13.3. The van der Waals surface area contributed by atoms with Crippen molar-refractivity contribution in [2.75, 3.05) is 29.5 Å². The second kappa shape index (κ2) is 7.53. The molecule has 9 heteroatoms. The lowest BCUT2D eigenvalue weighted by Gasteiger charge is -2.32. The van der Waals surface area contributed by atoms with E-state index in [1.54, 1.807) is 23.2 Å². The van der Waals surface area contributed by atoms with Crippen molar-refractivity contribution in [3.63, 3.8) is 0 Å². The summed E-state index contributed by atoms with van der Waals surface area (Å²) in [4.78, 5) is 38.4. The number of aromatic nitrogens is 1. The minimum Gasteiger partial charge on any atom is -0.488 e. The van der Waals surface area contributed by atoms with Gasteiger partial charge in [0.05, 0.1) is 24.1 Å². The Labute approximate surface area is 198 Å². The zero-order chi connectivity index (χ0) is 24.4. The third-order valence-corrected chi connectivity index (χ3v) is 6.35. The van der Waals surface area contributed by atoms with Crippen LogP contribution in [-0.2, 0) is 4.74 Å². The Morgan fingerprint density at radius 1 is 1.18 bits per heavy atom.